The topological polar surface area (TPSA) is 63.2 Å². The van der Waals surface area contributed by atoms with Crippen LogP contribution in [0.25, 0.3) is 0 Å². The van der Waals surface area contributed by atoms with Crippen molar-refractivity contribution in [1.29, 1.82) is 0 Å². The molecule has 1 fully saturated rings. The molecule has 1 saturated carbocycles. The van der Waals surface area contributed by atoms with Crippen molar-refractivity contribution in [3.8, 4) is 0 Å². The lowest BCUT2D eigenvalue weighted by molar-refractivity contribution is -0.124. The Hall–Kier alpha value is -2.27. The second kappa shape index (κ2) is 7.54. The summed E-state index contributed by atoms with van der Waals surface area (Å²) in [5, 5.41) is 6.48. The van der Waals surface area contributed by atoms with E-state index in [1.165, 1.54) is 11.3 Å². The minimum atomic E-state index is -0.645. The molecule has 2 unspecified atom stereocenters. The van der Waals surface area contributed by atoms with Crippen LogP contribution in [0.2, 0.25) is 0 Å². The summed E-state index contributed by atoms with van der Waals surface area (Å²) in [6.45, 7) is 6.34. The molecule has 2 aromatic rings. The van der Waals surface area contributed by atoms with Crippen LogP contribution < -0.4 is 5.32 Å². The summed E-state index contributed by atoms with van der Waals surface area (Å²) in [7, 11) is 0. The molecule has 0 saturated heterocycles. The second-order valence-corrected chi connectivity index (χ2v) is 7.85. The van der Waals surface area contributed by atoms with Crippen molar-refractivity contribution in [2.75, 3.05) is 6.54 Å². The van der Waals surface area contributed by atoms with Crippen LogP contribution in [0, 0.1) is 26.7 Å². The molecule has 1 amide bonds. The van der Waals surface area contributed by atoms with Gasteiger partial charge in [0.25, 0.3) is 5.91 Å². The molecule has 3 rings (SSSR count). The number of ketones is 2. The van der Waals surface area contributed by atoms with Gasteiger partial charge in [-0.2, -0.15) is 11.3 Å². The Morgan fingerprint density at radius 2 is 1.88 bits per heavy atom. The monoisotopic (exact) mass is 369 g/mol. The highest BCUT2D eigenvalue weighted by molar-refractivity contribution is 7.08. The molecular formula is C21H23NO3S. The van der Waals surface area contributed by atoms with Gasteiger partial charge in [0.15, 0.2) is 5.78 Å². The molecule has 1 aliphatic rings. The zero-order valence-electron chi connectivity index (χ0n) is 15.3. The normalized spacial score (nSPS) is 19.8. The summed E-state index contributed by atoms with van der Waals surface area (Å²) < 4.78 is 0. The first-order valence-electron chi connectivity index (χ1n) is 8.83. The second-order valence-electron chi connectivity index (χ2n) is 7.07. The van der Waals surface area contributed by atoms with Crippen LogP contribution in [0.4, 0.5) is 0 Å². The molecular weight excluding hydrogens is 346 g/mol. The van der Waals surface area contributed by atoms with Crippen LogP contribution in [-0.4, -0.2) is 24.0 Å². The smallest absolute Gasteiger partial charge is 0.252 e. The van der Waals surface area contributed by atoms with Gasteiger partial charge in [-0.15, -0.1) is 0 Å². The molecule has 1 aliphatic carbocycles. The number of carbonyl (C=O) groups excluding carboxylic acids is 3. The Morgan fingerprint density at radius 3 is 2.50 bits per heavy atom. The zero-order valence-corrected chi connectivity index (χ0v) is 16.1. The fraction of sp³-hybridized carbons (Fsp3) is 0.381. The quantitative estimate of drug-likeness (QED) is 0.817. The van der Waals surface area contributed by atoms with Gasteiger partial charge in [0.1, 0.15) is 11.7 Å². The number of aryl methyl sites for hydroxylation is 3. The van der Waals surface area contributed by atoms with Crippen molar-refractivity contribution in [2.45, 2.75) is 39.5 Å². The predicted molar refractivity (Wildman–Crippen MR) is 103 cm³/mol. The van der Waals surface area contributed by atoms with E-state index in [2.05, 4.69) is 5.32 Å². The summed E-state index contributed by atoms with van der Waals surface area (Å²) in [6, 6.07) is 5.82. The van der Waals surface area contributed by atoms with E-state index in [0.29, 0.717) is 18.5 Å². The van der Waals surface area contributed by atoms with E-state index in [9.17, 15) is 14.4 Å². The number of Topliss-reactive ketones (excluding diaryl/α,β-unsaturated/α-hetero) is 2. The summed E-state index contributed by atoms with van der Waals surface area (Å²) >= 11 is 1.47. The summed E-state index contributed by atoms with van der Waals surface area (Å²) in [6.07, 6.45) is 0.769. The number of amides is 1. The van der Waals surface area contributed by atoms with Crippen LogP contribution in [0.5, 0.6) is 0 Å². The maximum absolute atomic E-state index is 12.9. The van der Waals surface area contributed by atoms with Gasteiger partial charge in [-0.25, -0.2) is 0 Å². The summed E-state index contributed by atoms with van der Waals surface area (Å²) in [4.78, 5) is 37.4. The van der Waals surface area contributed by atoms with Crippen LogP contribution in [-0.2, 0) is 9.59 Å². The van der Waals surface area contributed by atoms with Crippen LogP contribution in [0.15, 0.2) is 29.0 Å². The Bertz CT molecular complexity index is 831. The van der Waals surface area contributed by atoms with E-state index in [1.54, 1.807) is 11.4 Å². The van der Waals surface area contributed by atoms with Crippen molar-refractivity contribution in [1.82, 2.24) is 5.32 Å². The Morgan fingerprint density at radius 1 is 1.19 bits per heavy atom. The van der Waals surface area contributed by atoms with Crippen molar-refractivity contribution in [2.24, 2.45) is 5.92 Å². The van der Waals surface area contributed by atoms with Crippen molar-refractivity contribution < 1.29 is 14.4 Å². The first-order chi connectivity index (χ1) is 12.4. The molecule has 1 aromatic heterocycles. The highest BCUT2D eigenvalue weighted by Crippen LogP contribution is 2.37. The van der Waals surface area contributed by atoms with Gasteiger partial charge >= 0.3 is 0 Å². The molecule has 136 valence electrons. The molecule has 1 aromatic carbocycles. The van der Waals surface area contributed by atoms with Gasteiger partial charge < -0.3 is 5.32 Å². The number of thiophene rings is 1. The standard InChI is InChI=1S/C21H23NO3S/c1-12-8-13(2)18(14(3)9-12)19-17(23)10-15(20(19)24)4-6-22-21(25)16-5-7-26-11-16/h5,7-9,11,15,19H,4,6,10H2,1-3H3,(H,22,25). The van der Waals surface area contributed by atoms with Gasteiger partial charge in [-0.1, -0.05) is 17.7 Å². The van der Waals surface area contributed by atoms with Gasteiger partial charge in [0.2, 0.25) is 0 Å². The molecule has 1 heterocycles. The van der Waals surface area contributed by atoms with E-state index < -0.39 is 5.92 Å². The Labute approximate surface area is 157 Å². The molecule has 0 spiro atoms. The average molecular weight is 369 g/mol. The number of hydrogen-bond donors (Lipinski definition) is 1. The van der Waals surface area contributed by atoms with E-state index >= 15 is 0 Å². The molecule has 0 aliphatic heterocycles. The van der Waals surface area contributed by atoms with Gasteiger partial charge in [-0.05, 0) is 55.3 Å². The third-order valence-electron chi connectivity index (χ3n) is 5.04. The van der Waals surface area contributed by atoms with E-state index in [-0.39, 0.29) is 29.8 Å². The lowest BCUT2D eigenvalue weighted by atomic mass is 9.86. The zero-order chi connectivity index (χ0) is 18.8. The third-order valence-corrected chi connectivity index (χ3v) is 5.73. The molecule has 2 atom stereocenters. The first-order valence-corrected chi connectivity index (χ1v) is 9.77. The maximum Gasteiger partial charge on any atom is 0.252 e. The van der Waals surface area contributed by atoms with Gasteiger partial charge in [-0.3, -0.25) is 14.4 Å². The fourth-order valence-corrected chi connectivity index (χ4v) is 4.54. The van der Waals surface area contributed by atoms with E-state index in [1.807, 2.05) is 38.3 Å². The average Bonchev–Trinajstić information content (AvgIpc) is 3.18. The molecule has 1 N–H and O–H groups in total. The van der Waals surface area contributed by atoms with Crippen molar-refractivity contribution >= 4 is 28.8 Å². The SMILES string of the molecule is Cc1cc(C)c(C2C(=O)CC(CCNC(=O)c3ccsc3)C2=O)c(C)c1. The highest BCUT2D eigenvalue weighted by atomic mass is 32.1. The Kier molecular flexibility index (Phi) is 5.37. The predicted octanol–water partition coefficient (Wildman–Crippen LogP) is 3.74. The van der Waals surface area contributed by atoms with Gasteiger partial charge in [0.05, 0.1) is 0 Å². The highest BCUT2D eigenvalue weighted by Gasteiger charge is 2.42. The molecule has 26 heavy (non-hydrogen) atoms. The molecule has 0 radical (unpaired) electrons. The third kappa shape index (κ3) is 3.63. The van der Waals surface area contributed by atoms with E-state index in [4.69, 9.17) is 0 Å². The number of carbonyl (C=O) groups is 3. The van der Waals surface area contributed by atoms with Crippen LogP contribution in [0.1, 0.15) is 51.4 Å². The first kappa shape index (κ1) is 18.5. The summed E-state index contributed by atoms with van der Waals surface area (Å²) in [5.74, 6) is -1.10. The molecule has 5 heteroatoms. The molecule has 4 nitrogen and oxygen atoms in total. The lowest BCUT2D eigenvalue weighted by Crippen LogP contribution is -2.27. The fourth-order valence-electron chi connectivity index (χ4n) is 3.91. The number of rotatable bonds is 5. The summed E-state index contributed by atoms with van der Waals surface area (Å²) in [5.41, 5.74) is 4.64. The van der Waals surface area contributed by atoms with Crippen molar-refractivity contribution in [3.63, 3.8) is 0 Å². The minimum Gasteiger partial charge on any atom is -0.352 e. The Balaban J connectivity index is 1.67. The van der Waals surface area contributed by atoms with E-state index in [0.717, 1.165) is 22.3 Å². The van der Waals surface area contributed by atoms with Crippen molar-refractivity contribution in [3.05, 3.63) is 56.8 Å². The molecule has 0 bridgehead atoms. The maximum atomic E-state index is 12.9. The van der Waals surface area contributed by atoms with Crippen LogP contribution in [0.3, 0.4) is 0 Å². The number of hydrogen-bond acceptors (Lipinski definition) is 4. The lowest BCUT2D eigenvalue weighted by Gasteiger charge is -2.16. The van der Waals surface area contributed by atoms with Crippen LogP contribution >= 0.6 is 11.3 Å². The number of benzene rings is 1. The number of nitrogens with one attached hydrogen (secondary N) is 1. The van der Waals surface area contributed by atoms with Gasteiger partial charge in [0, 0.05) is 29.8 Å². The minimum absolute atomic E-state index is 0.000728. The largest absolute Gasteiger partial charge is 0.352 e.